The number of nitrogens with zero attached hydrogens (tertiary/aromatic N) is 6. The third kappa shape index (κ3) is 4.92. The molecule has 0 saturated carbocycles. The van der Waals surface area contributed by atoms with Crippen LogP contribution >= 0.6 is 0 Å². The van der Waals surface area contributed by atoms with Gasteiger partial charge >= 0.3 is 12.2 Å². The highest BCUT2D eigenvalue weighted by atomic mass is 19.4. The van der Waals surface area contributed by atoms with E-state index in [1.807, 2.05) is 18.0 Å². The van der Waals surface area contributed by atoms with Gasteiger partial charge in [0.25, 0.3) is 0 Å². The Bertz CT molecular complexity index is 1520. The van der Waals surface area contributed by atoms with Gasteiger partial charge in [0.05, 0.1) is 10.9 Å². The lowest BCUT2D eigenvalue weighted by atomic mass is 9.97. The number of likely N-dealkylation sites (tertiary alicyclic amines) is 1. The summed E-state index contributed by atoms with van der Waals surface area (Å²) in [5.41, 5.74) is 1.21. The minimum atomic E-state index is -5.18. The van der Waals surface area contributed by atoms with Crippen molar-refractivity contribution in [2.75, 3.05) is 43.9 Å². The molecule has 6 rings (SSSR count). The standard InChI is InChI=1S/C27H29F5N8O/c1-3-26-7-6-14(38-26)11-40(13-26)24-16-10-34-23(22-19(27(30,31)32)17(28)9-18(33)35-22)20(29)21(16)36-25(37-24)41-12-15-5-4-8-39(15)2/h3,9-10,14-15,38H,1,4-8,11-13H2,2H3,(H2,33,35). The number of likely N-dealkylation sites (N-methyl/N-ethyl adjacent to an activating group) is 1. The summed E-state index contributed by atoms with van der Waals surface area (Å²) in [4.78, 5) is 20.6. The van der Waals surface area contributed by atoms with Crippen molar-refractivity contribution in [1.82, 2.24) is 30.2 Å². The number of alkyl halides is 3. The SMILES string of the molecule is C=CC12CCC(CN(c3nc(OCC4CCCN4C)nc4c(F)c(-c5nc(N)cc(F)c5C(F)(F)F)ncc34)C1)N2. The van der Waals surface area contributed by atoms with Gasteiger partial charge < -0.3 is 25.6 Å². The number of aromatic nitrogens is 4. The van der Waals surface area contributed by atoms with E-state index in [-0.39, 0.29) is 41.1 Å². The molecule has 0 aliphatic carbocycles. The molecule has 3 aromatic rings. The van der Waals surface area contributed by atoms with Gasteiger partial charge in [-0.05, 0) is 39.3 Å². The van der Waals surface area contributed by atoms with Crippen molar-refractivity contribution in [3.05, 3.63) is 42.1 Å². The summed E-state index contributed by atoms with van der Waals surface area (Å²) in [6.45, 7) is 6.18. The molecule has 218 valence electrons. The number of hydrogen-bond donors (Lipinski definition) is 2. The molecule has 41 heavy (non-hydrogen) atoms. The smallest absolute Gasteiger partial charge is 0.421 e. The summed E-state index contributed by atoms with van der Waals surface area (Å²) in [5.74, 6) is -3.11. The normalized spacial score (nSPS) is 24.8. The highest BCUT2D eigenvalue weighted by molar-refractivity contribution is 5.92. The Labute approximate surface area is 232 Å². The molecule has 9 nitrogen and oxygen atoms in total. The maximum Gasteiger partial charge on any atom is 0.421 e. The van der Waals surface area contributed by atoms with E-state index in [0.717, 1.165) is 32.2 Å². The van der Waals surface area contributed by atoms with Gasteiger partial charge in [0.2, 0.25) is 0 Å². The minimum Gasteiger partial charge on any atom is -0.462 e. The van der Waals surface area contributed by atoms with Crippen molar-refractivity contribution in [1.29, 1.82) is 0 Å². The second kappa shape index (κ2) is 10.0. The van der Waals surface area contributed by atoms with Crippen molar-refractivity contribution in [2.45, 2.75) is 49.5 Å². The molecule has 3 atom stereocenters. The lowest BCUT2D eigenvalue weighted by Crippen LogP contribution is -2.58. The first-order chi connectivity index (χ1) is 19.5. The number of halogens is 5. The van der Waals surface area contributed by atoms with Gasteiger partial charge in [-0.25, -0.2) is 13.8 Å². The molecule has 0 spiro atoms. The molecule has 6 heterocycles. The monoisotopic (exact) mass is 576 g/mol. The molecular formula is C27H29F5N8O. The van der Waals surface area contributed by atoms with Crippen LogP contribution in [0.3, 0.4) is 0 Å². The number of fused-ring (bicyclic) bond motifs is 3. The van der Waals surface area contributed by atoms with E-state index >= 15 is 4.39 Å². The van der Waals surface area contributed by atoms with Crippen molar-refractivity contribution in [2.24, 2.45) is 0 Å². The van der Waals surface area contributed by atoms with Crippen LogP contribution in [-0.2, 0) is 6.18 Å². The Balaban J connectivity index is 1.50. The molecule has 3 unspecified atom stereocenters. The average molecular weight is 577 g/mol. The Morgan fingerprint density at radius 2 is 2.02 bits per heavy atom. The largest absolute Gasteiger partial charge is 0.462 e. The Hall–Kier alpha value is -3.65. The van der Waals surface area contributed by atoms with Crippen LogP contribution in [0.1, 0.15) is 31.2 Å². The van der Waals surface area contributed by atoms with Gasteiger partial charge in [-0.1, -0.05) is 6.08 Å². The molecule has 0 radical (unpaired) electrons. The number of pyridine rings is 2. The number of piperazine rings is 1. The number of rotatable bonds is 6. The summed E-state index contributed by atoms with van der Waals surface area (Å²) in [7, 11) is 1.98. The fraction of sp³-hybridized carbons (Fsp3) is 0.481. The number of ether oxygens (including phenoxy) is 1. The van der Waals surface area contributed by atoms with Crippen LogP contribution in [0.5, 0.6) is 6.01 Å². The van der Waals surface area contributed by atoms with Crippen molar-refractivity contribution in [3.63, 3.8) is 0 Å². The molecule has 14 heteroatoms. The van der Waals surface area contributed by atoms with Gasteiger partial charge in [0.15, 0.2) is 5.82 Å². The predicted octanol–water partition coefficient (Wildman–Crippen LogP) is 3.94. The van der Waals surface area contributed by atoms with Crippen LogP contribution < -0.4 is 20.7 Å². The fourth-order valence-corrected chi connectivity index (χ4v) is 6.13. The first-order valence-electron chi connectivity index (χ1n) is 13.4. The van der Waals surface area contributed by atoms with Crippen LogP contribution in [0.2, 0.25) is 0 Å². The van der Waals surface area contributed by atoms with E-state index in [4.69, 9.17) is 10.5 Å². The van der Waals surface area contributed by atoms with E-state index < -0.39 is 40.6 Å². The van der Waals surface area contributed by atoms with Crippen LogP contribution in [-0.4, -0.2) is 75.7 Å². The lowest BCUT2D eigenvalue weighted by Gasteiger charge is -2.40. The summed E-state index contributed by atoms with van der Waals surface area (Å²) in [5, 5.41) is 3.74. The molecule has 3 aliphatic heterocycles. The zero-order valence-electron chi connectivity index (χ0n) is 22.3. The Morgan fingerprint density at radius 3 is 2.73 bits per heavy atom. The van der Waals surface area contributed by atoms with Gasteiger partial charge in [0.1, 0.15) is 46.5 Å². The van der Waals surface area contributed by atoms with Crippen molar-refractivity contribution < 1.29 is 26.7 Å². The molecule has 0 aromatic carbocycles. The quantitative estimate of drug-likeness (QED) is 0.334. The van der Waals surface area contributed by atoms with E-state index in [1.165, 1.54) is 6.20 Å². The van der Waals surface area contributed by atoms with Gasteiger partial charge in [0, 0.05) is 37.4 Å². The highest BCUT2D eigenvalue weighted by Crippen LogP contribution is 2.41. The zero-order chi connectivity index (χ0) is 29.1. The topological polar surface area (TPSA) is 105 Å². The van der Waals surface area contributed by atoms with E-state index in [2.05, 4.69) is 36.7 Å². The first-order valence-corrected chi connectivity index (χ1v) is 13.4. The molecule has 3 aliphatic rings. The van der Waals surface area contributed by atoms with Crippen LogP contribution in [0, 0.1) is 11.6 Å². The molecule has 3 N–H and O–H groups in total. The number of nitrogen functional groups attached to an aromatic ring is 1. The maximum atomic E-state index is 16.2. The van der Waals surface area contributed by atoms with Crippen LogP contribution in [0.25, 0.3) is 22.3 Å². The summed E-state index contributed by atoms with van der Waals surface area (Å²) >= 11 is 0. The summed E-state index contributed by atoms with van der Waals surface area (Å²) in [6.07, 6.45) is 1.55. The number of anilines is 2. The van der Waals surface area contributed by atoms with Crippen LogP contribution in [0.15, 0.2) is 24.9 Å². The number of nitrogens with two attached hydrogens (primary N) is 1. The van der Waals surface area contributed by atoms with E-state index in [9.17, 15) is 17.6 Å². The van der Waals surface area contributed by atoms with Gasteiger partial charge in [-0.2, -0.15) is 23.1 Å². The second-order valence-corrected chi connectivity index (χ2v) is 11.0. The third-order valence-corrected chi connectivity index (χ3v) is 8.25. The average Bonchev–Trinajstić information content (AvgIpc) is 3.47. The van der Waals surface area contributed by atoms with E-state index in [1.54, 1.807) is 0 Å². The third-order valence-electron chi connectivity index (χ3n) is 8.25. The molecule has 2 bridgehead atoms. The van der Waals surface area contributed by atoms with Crippen LogP contribution in [0.4, 0.5) is 33.6 Å². The van der Waals surface area contributed by atoms with Gasteiger partial charge in [-0.3, -0.25) is 4.98 Å². The molecule has 3 saturated heterocycles. The summed E-state index contributed by atoms with van der Waals surface area (Å²) in [6, 6.07) is 0.564. The molecular weight excluding hydrogens is 547 g/mol. The molecule has 3 aromatic heterocycles. The molecule has 0 amide bonds. The summed E-state index contributed by atoms with van der Waals surface area (Å²) < 4.78 is 78.1. The minimum absolute atomic E-state index is 0.114. The fourth-order valence-electron chi connectivity index (χ4n) is 6.13. The Morgan fingerprint density at radius 1 is 1.22 bits per heavy atom. The highest BCUT2D eigenvalue weighted by Gasteiger charge is 2.44. The lowest BCUT2D eigenvalue weighted by molar-refractivity contribution is -0.139. The van der Waals surface area contributed by atoms with Crippen molar-refractivity contribution >= 4 is 22.5 Å². The Kier molecular flexibility index (Phi) is 6.72. The number of nitrogens with one attached hydrogen (secondary N) is 1. The van der Waals surface area contributed by atoms with Crippen molar-refractivity contribution in [3.8, 4) is 17.4 Å². The van der Waals surface area contributed by atoms with Gasteiger partial charge in [-0.15, -0.1) is 6.58 Å². The molecule has 3 fully saturated rings. The second-order valence-electron chi connectivity index (χ2n) is 11.0. The first kappa shape index (κ1) is 27.5. The zero-order valence-corrected chi connectivity index (χ0v) is 22.3. The predicted molar refractivity (Wildman–Crippen MR) is 142 cm³/mol. The maximum absolute atomic E-state index is 16.2. The number of hydrogen-bond acceptors (Lipinski definition) is 9. The van der Waals surface area contributed by atoms with E-state index in [0.29, 0.717) is 25.0 Å².